The van der Waals surface area contributed by atoms with Crippen LogP contribution in [0.1, 0.15) is 29.8 Å². The van der Waals surface area contributed by atoms with Crippen LogP contribution in [0.3, 0.4) is 0 Å². The van der Waals surface area contributed by atoms with Gasteiger partial charge in [0.25, 0.3) is 5.91 Å². The number of hydrogen-bond donors (Lipinski definition) is 1. The van der Waals surface area contributed by atoms with Gasteiger partial charge >= 0.3 is 0 Å². The van der Waals surface area contributed by atoms with E-state index in [-0.39, 0.29) is 17.7 Å². The number of carbonyl (C=O) groups excluding carboxylic acids is 2. The summed E-state index contributed by atoms with van der Waals surface area (Å²) in [5.74, 6) is 0.615. The van der Waals surface area contributed by atoms with Crippen molar-refractivity contribution in [2.45, 2.75) is 26.4 Å². The summed E-state index contributed by atoms with van der Waals surface area (Å²) in [4.78, 5) is 27.4. The first-order chi connectivity index (χ1) is 13.4. The molecule has 0 aliphatic carbocycles. The molecule has 0 heterocycles. The van der Waals surface area contributed by atoms with E-state index in [1.54, 1.807) is 43.3 Å². The van der Waals surface area contributed by atoms with E-state index in [9.17, 15) is 9.59 Å². The Labute approximate surface area is 166 Å². The number of carbonyl (C=O) groups is 2. The number of para-hydroxylation sites is 2. The maximum Gasteiger partial charge on any atom is 0.255 e. The van der Waals surface area contributed by atoms with Gasteiger partial charge in [-0.25, -0.2) is 0 Å². The van der Waals surface area contributed by atoms with Crippen molar-refractivity contribution in [3.8, 4) is 11.5 Å². The lowest BCUT2D eigenvalue weighted by molar-refractivity contribution is -0.133. The maximum absolute atomic E-state index is 13.0. The first kappa shape index (κ1) is 21.3. The Kier molecular flexibility index (Phi) is 7.44. The van der Waals surface area contributed by atoms with Crippen LogP contribution < -0.4 is 14.8 Å². The SMILES string of the molecule is COc1ccccc1CN(C)C(=O)C(NC(=O)c1ccccc1OC)C(C)C. The molecule has 2 aromatic carbocycles. The number of likely N-dealkylation sites (N-methyl/N-ethyl adjacent to an activating group) is 1. The molecule has 0 saturated carbocycles. The van der Waals surface area contributed by atoms with Crippen LogP contribution >= 0.6 is 0 Å². The van der Waals surface area contributed by atoms with Crippen molar-refractivity contribution >= 4 is 11.8 Å². The predicted molar refractivity (Wildman–Crippen MR) is 109 cm³/mol. The molecule has 1 unspecified atom stereocenters. The molecule has 0 saturated heterocycles. The van der Waals surface area contributed by atoms with Gasteiger partial charge in [-0.2, -0.15) is 0 Å². The number of amides is 2. The number of nitrogens with one attached hydrogen (secondary N) is 1. The highest BCUT2D eigenvalue weighted by molar-refractivity contribution is 5.99. The summed E-state index contributed by atoms with van der Waals surface area (Å²) in [6.07, 6.45) is 0. The Balaban J connectivity index is 2.16. The highest BCUT2D eigenvalue weighted by atomic mass is 16.5. The van der Waals surface area contributed by atoms with Gasteiger partial charge in [-0.1, -0.05) is 44.2 Å². The van der Waals surface area contributed by atoms with Crippen LogP contribution in [-0.2, 0) is 11.3 Å². The molecule has 0 aliphatic heterocycles. The Morgan fingerprint density at radius 1 is 0.964 bits per heavy atom. The maximum atomic E-state index is 13.0. The van der Waals surface area contributed by atoms with E-state index in [1.165, 1.54) is 7.11 Å². The third kappa shape index (κ3) is 5.03. The molecule has 2 amide bonds. The van der Waals surface area contributed by atoms with Crippen molar-refractivity contribution in [2.24, 2.45) is 5.92 Å². The highest BCUT2D eigenvalue weighted by Crippen LogP contribution is 2.21. The molecule has 0 radical (unpaired) electrons. The lowest BCUT2D eigenvalue weighted by atomic mass is 10.0. The van der Waals surface area contributed by atoms with E-state index in [4.69, 9.17) is 9.47 Å². The van der Waals surface area contributed by atoms with Crippen molar-refractivity contribution in [1.29, 1.82) is 0 Å². The average Bonchev–Trinajstić information content (AvgIpc) is 2.71. The Morgan fingerprint density at radius 2 is 1.54 bits per heavy atom. The summed E-state index contributed by atoms with van der Waals surface area (Å²) in [6, 6.07) is 13.9. The molecule has 28 heavy (non-hydrogen) atoms. The molecule has 2 aromatic rings. The molecule has 0 spiro atoms. The molecule has 0 fully saturated rings. The smallest absolute Gasteiger partial charge is 0.255 e. The molecule has 1 atom stereocenters. The normalized spacial score (nSPS) is 11.6. The summed E-state index contributed by atoms with van der Waals surface area (Å²) in [5, 5.41) is 2.86. The second kappa shape index (κ2) is 9.78. The number of methoxy groups -OCH3 is 2. The van der Waals surface area contributed by atoms with E-state index < -0.39 is 6.04 Å². The minimum absolute atomic E-state index is 0.0775. The summed E-state index contributed by atoms with van der Waals surface area (Å²) in [7, 11) is 4.84. The summed E-state index contributed by atoms with van der Waals surface area (Å²) < 4.78 is 10.6. The number of ether oxygens (including phenoxy) is 2. The fourth-order valence-corrected chi connectivity index (χ4v) is 2.97. The zero-order valence-corrected chi connectivity index (χ0v) is 17.1. The standard InChI is InChI=1S/C22H28N2O4/c1-15(2)20(23-21(25)17-11-7-9-13-19(17)28-5)22(26)24(3)14-16-10-6-8-12-18(16)27-4/h6-13,15,20H,14H2,1-5H3,(H,23,25). The first-order valence-corrected chi connectivity index (χ1v) is 9.19. The molecule has 6 heteroatoms. The summed E-state index contributed by atoms with van der Waals surface area (Å²) in [6.45, 7) is 4.20. The second-order valence-electron chi connectivity index (χ2n) is 6.90. The van der Waals surface area contributed by atoms with Gasteiger partial charge in [0, 0.05) is 19.2 Å². The molecular formula is C22H28N2O4. The van der Waals surface area contributed by atoms with Crippen LogP contribution in [0, 0.1) is 5.92 Å². The van der Waals surface area contributed by atoms with Crippen LogP contribution in [0.15, 0.2) is 48.5 Å². The van der Waals surface area contributed by atoms with Crippen molar-refractivity contribution in [3.63, 3.8) is 0 Å². The van der Waals surface area contributed by atoms with E-state index in [0.29, 0.717) is 17.9 Å². The third-order valence-corrected chi connectivity index (χ3v) is 4.55. The monoisotopic (exact) mass is 384 g/mol. The molecule has 0 aromatic heterocycles. The average molecular weight is 384 g/mol. The zero-order valence-electron chi connectivity index (χ0n) is 17.1. The first-order valence-electron chi connectivity index (χ1n) is 9.19. The topological polar surface area (TPSA) is 67.9 Å². The zero-order chi connectivity index (χ0) is 20.7. The van der Waals surface area contributed by atoms with Crippen molar-refractivity contribution < 1.29 is 19.1 Å². The predicted octanol–water partition coefficient (Wildman–Crippen LogP) is 3.12. The summed E-state index contributed by atoms with van der Waals surface area (Å²) >= 11 is 0. The van der Waals surface area contributed by atoms with Gasteiger partial charge in [0.2, 0.25) is 5.91 Å². The van der Waals surface area contributed by atoms with E-state index in [2.05, 4.69) is 5.32 Å². The van der Waals surface area contributed by atoms with E-state index in [1.807, 2.05) is 38.1 Å². The fourth-order valence-electron chi connectivity index (χ4n) is 2.97. The van der Waals surface area contributed by atoms with Crippen molar-refractivity contribution in [3.05, 3.63) is 59.7 Å². The van der Waals surface area contributed by atoms with Crippen molar-refractivity contribution in [2.75, 3.05) is 21.3 Å². The number of benzene rings is 2. The van der Waals surface area contributed by atoms with Crippen LogP contribution in [0.25, 0.3) is 0 Å². The second-order valence-corrected chi connectivity index (χ2v) is 6.90. The Morgan fingerprint density at radius 3 is 2.14 bits per heavy atom. The lowest BCUT2D eigenvalue weighted by Crippen LogP contribution is -2.50. The van der Waals surface area contributed by atoms with Gasteiger partial charge in [-0.3, -0.25) is 9.59 Å². The van der Waals surface area contributed by atoms with Crippen molar-refractivity contribution in [1.82, 2.24) is 10.2 Å². The molecular weight excluding hydrogens is 356 g/mol. The quantitative estimate of drug-likeness (QED) is 0.759. The Bertz CT molecular complexity index is 820. The van der Waals surface area contributed by atoms with E-state index >= 15 is 0 Å². The molecule has 0 aliphatic rings. The van der Waals surface area contributed by atoms with Gasteiger partial charge in [-0.15, -0.1) is 0 Å². The molecule has 6 nitrogen and oxygen atoms in total. The number of hydrogen-bond acceptors (Lipinski definition) is 4. The van der Waals surface area contributed by atoms with Crippen LogP contribution in [0.2, 0.25) is 0 Å². The van der Waals surface area contributed by atoms with Gasteiger partial charge in [-0.05, 0) is 24.1 Å². The lowest BCUT2D eigenvalue weighted by Gasteiger charge is -2.27. The van der Waals surface area contributed by atoms with Gasteiger partial charge in [0.15, 0.2) is 0 Å². The van der Waals surface area contributed by atoms with Gasteiger partial charge in [0.05, 0.1) is 19.8 Å². The van der Waals surface area contributed by atoms with E-state index in [0.717, 1.165) is 11.3 Å². The van der Waals surface area contributed by atoms with Crippen LogP contribution in [-0.4, -0.2) is 44.0 Å². The molecule has 0 bridgehead atoms. The van der Waals surface area contributed by atoms with Crippen LogP contribution in [0.4, 0.5) is 0 Å². The number of rotatable bonds is 8. The fraction of sp³-hybridized carbons (Fsp3) is 0.364. The Hall–Kier alpha value is -3.02. The highest BCUT2D eigenvalue weighted by Gasteiger charge is 2.28. The largest absolute Gasteiger partial charge is 0.496 e. The molecule has 150 valence electrons. The van der Waals surface area contributed by atoms with Gasteiger partial charge in [0.1, 0.15) is 17.5 Å². The summed E-state index contributed by atoms with van der Waals surface area (Å²) in [5.41, 5.74) is 1.30. The molecule has 1 N–H and O–H groups in total. The van der Waals surface area contributed by atoms with Gasteiger partial charge < -0.3 is 19.7 Å². The minimum Gasteiger partial charge on any atom is -0.496 e. The van der Waals surface area contributed by atoms with Crippen LogP contribution in [0.5, 0.6) is 11.5 Å². The number of nitrogens with zero attached hydrogens (tertiary/aromatic N) is 1. The molecule has 2 rings (SSSR count). The third-order valence-electron chi connectivity index (χ3n) is 4.55. The minimum atomic E-state index is -0.655.